The van der Waals surface area contributed by atoms with E-state index < -0.39 is 0 Å². The molecule has 4 aromatic rings. The minimum atomic E-state index is -0.361. The Hall–Kier alpha value is -3.52. The van der Waals surface area contributed by atoms with Crippen LogP contribution < -0.4 is 14.8 Å². The number of nitrogens with one attached hydrogen (secondary N) is 1. The Morgan fingerprint density at radius 3 is 2.60 bits per heavy atom. The lowest BCUT2D eigenvalue weighted by molar-refractivity contribution is 0.102. The first-order chi connectivity index (χ1) is 14.4. The van der Waals surface area contributed by atoms with E-state index in [0.717, 1.165) is 0 Å². The van der Waals surface area contributed by atoms with Crippen LogP contribution >= 0.6 is 11.6 Å². The molecule has 9 heteroatoms. The van der Waals surface area contributed by atoms with Gasteiger partial charge in [-0.15, -0.1) is 0 Å². The average Bonchev–Trinajstić information content (AvgIpc) is 3.37. The molecule has 8 nitrogen and oxygen atoms in total. The average molecular weight is 427 g/mol. The number of fused-ring (bicyclic) bond motifs is 1. The number of hydrogen-bond acceptors (Lipinski definition) is 6. The number of pyridine rings is 1. The fourth-order valence-corrected chi connectivity index (χ4v) is 3.51. The molecule has 0 saturated heterocycles. The van der Waals surface area contributed by atoms with Gasteiger partial charge in [0.2, 0.25) is 0 Å². The van der Waals surface area contributed by atoms with E-state index in [1.165, 1.54) is 14.2 Å². The number of hydrogen-bond donors (Lipinski definition) is 1. The molecule has 0 atom stereocenters. The number of methoxy groups -OCH3 is 2. The number of carbonyl (C=O) groups excluding carboxylic acids is 1. The lowest BCUT2D eigenvalue weighted by atomic mass is 10.1. The van der Waals surface area contributed by atoms with Crippen LogP contribution in [0.25, 0.3) is 22.5 Å². The summed E-state index contributed by atoms with van der Waals surface area (Å²) in [7, 11) is 4.81. The first-order valence-electron chi connectivity index (χ1n) is 9.04. The van der Waals surface area contributed by atoms with Crippen molar-refractivity contribution in [3.63, 3.8) is 0 Å². The summed E-state index contributed by atoms with van der Waals surface area (Å²) in [6, 6.07) is 8.42. The Morgan fingerprint density at radius 2 is 1.93 bits per heavy atom. The van der Waals surface area contributed by atoms with Gasteiger partial charge >= 0.3 is 0 Å². The number of furan rings is 1. The zero-order chi connectivity index (χ0) is 21.4. The summed E-state index contributed by atoms with van der Waals surface area (Å²) in [6.07, 6.45) is 1.55. The molecule has 3 aromatic heterocycles. The standard InChI is InChI=1S/C21H19ClN4O4/c1-11-19-12(8-15(16-6-5-7-30-16)23-20(19)26(2)25-11)21(27)24-14-10-18(29-4)17(28-3)9-13(14)22/h5-10H,1-4H3,(H,24,27). The van der Waals surface area contributed by atoms with Gasteiger partial charge in [-0.05, 0) is 25.1 Å². The number of nitrogens with zero attached hydrogens (tertiary/aromatic N) is 3. The highest BCUT2D eigenvalue weighted by atomic mass is 35.5. The molecular weight excluding hydrogens is 408 g/mol. The van der Waals surface area contributed by atoms with Crippen molar-refractivity contribution in [2.24, 2.45) is 7.05 Å². The van der Waals surface area contributed by atoms with Crippen molar-refractivity contribution in [1.82, 2.24) is 14.8 Å². The van der Waals surface area contributed by atoms with Crippen LogP contribution in [0.1, 0.15) is 16.1 Å². The first-order valence-corrected chi connectivity index (χ1v) is 9.41. The van der Waals surface area contributed by atoms with Gasteiger partial charge in [0.15, 0.2) is 22.9 Å². The molecule has 154 valence electrons. The van der Waals surface area contributed by atoms with Gasteiger partial charge in [0.05, 0.1) is 47.8 Å². The van der Waals surface area contributed by atoms with Crippen LogP contribution in [0.5, 0.6) is 11.5 Å². The lowest BCUT2D eigenvalue weighted by Crippen LogP contribution is -2.14. The normalized spacial score (nSPS) is 11.0. The van der Waals surface area contributed by atoms with E-state index in [9.17, 15) is 4.79 Å². The molecule has 1 amide bonds. The highest BCUT2D eigenvalue weighted by Gasteiger charge is 2.21. The quantitative estimate of drug-likeness (QED) is 0.506. The van der Waals surface area contributed by atoms with E-state index in [1.807, 2.05) is 6.92 Å². The van der Waals surface area contributed by atoms with Crippen molar-refractivity contribution >= 4 is 34.2 Å². The van der Waals surface area contributed by atoms with E-state index in [-0.39, 0.29) is 5.91 Å². The van der Waals surface area contributed by atoms with Crippen molar-refractivity contribution in [3.05, 3.63) is 52.9 Å². The summed E-state index contributed by atoms with van der Waals surface area (Å²) in [5, 5.41) is 8.24. The van der Waals surface area contributed by atoms with Gasteiger partial charge in [0.1, 0.15) is 5.69 Å². The molecule has 0 saturated carbocycles. The largest absolute Gasteiger partial charge is 0.493 e. The third kappa shape index (κ3) is 3.35. The van der Waals surface area contributed by atoms with Gasteiger partial charge in [-0.25, -0.2) is 4.98 Å². The van der Waals surface area contributed by atoms with Crippen molar-refractivity contribution in [1.29, 1.82) is 0 Å². The summed E-state index contributed by atoms with van der Waals surface area (Å²) in [6.45, 7) is 1.83. The number of amides is 1. The zero-order valence-electron chi connectivity index (χ0n) is 16.8. The number of rotatable bonds is 5. The number of benzene rings is 1. The van der Waals surface area contributed by atoms with E-state index in [0.29, 0.717) is 56.0 Å². The minimum absolute atomic E-state index is 0.320. The molecule has 0 aliphatic rings. The molecule has 0 bridgehead atoms. The maximum atomic E-state index is 13.3. The van der Waals surface area contributed by atoms with Crippen molar-refractivity contribution < 1.29 is 18.7 Å². The van der Waals surface area contributed by atoms with Crippen LogP contribution in [-0.4, -0.2) is 34.9 Å². The predicted molar refractivity (Wildman–Crippen MR) is 113 cm³/mol. The summed E-state index contributed by atoms with van der Waals surface area (Å²) in [4.78, 5) is 17.9. The molecule has 0 aliphatic heterocycles. The monoisotopic (exact) mass is 426 g/mol. The highest BCUT2D eigenvalue weighted by Crippen LogP contribution is 2.36. The summed E-state index contributed by atoms with van der Waals surface area (Å²) in [5.41, 5.74) is 2.59. The molecule has 1 N–H and O–H groups in total. The maximum Gasteiger partial charge on any atom is 0.256 e. The molecular formula is C21H19ClN4O4. The molecule has 0 aliphatic carbocycles. The Balaban J connectivity index is 1.82. The Kier molecular flexibility index (Phi) is 5.09. The molecule has 0 spiro atoms. The van der Waals surface area contributed by atoms with E-state index >= 15 is 0 Å². The second-order valence-corrected chi connectivity index (χ2v) is 6.99. The molecule has 4 rings (SSSR count). The van der Waals surface area contributed by atoms with Gasteiger partial charge in [-0.2, -0.15) is 5.10 Å². The van der Waals surface area contributed by atoms with E-state index in [1.54, 1.807) is 48.3 Å². The molecule has 1 aromatic carbocycles. The van der Waals surface area contributed by atoms with Gasteiger partial charge in [0, 0.05) is 19.2 Å². The van der Waals surface area contributed by atoms with Crippen molar-refractivity contribution in [2.75, 3.05) is 19.5 Å². The second kappa shape index (κ2) is 7.72. The van der Waals surface area contributed by atoms with Crippen LogP contribution in [0.15, 0.2) is 41.0 Å². The Morgan fingerprint density at radius 1 is 1.20 bits per heavy atom. The molecule has 0 radical (unpaired) electrons. The topological polar surface area (TPSA) is 91.4 Å². The number of anilines is 1. The number of aryl methyl sites for hydroxylation is 2. The van der Waals surface area contributed by atoms with Gasteiger partial charge in [-0.1, -0.05) is 11.6 Å². The molecule has 0 fully saturated rings. The van der Waals surface area contributed by atoms with Crippen molar-refractivity contribution in [2.45, 2.75) is 6.92 Å². The van der Waals surface area contributed by atoms with Gasteiger partial charge < -0.3 is 19.2 Å². The van der Waals surface area contributed by atoms with Crippen LogP contribution in [0.4, 0.5) is 5.69 Å². The third-order valence-electron chi connectivity index (χ3n) is 4.71. The van der Waals surface area contributed by atoms with Crippen LogP contribution in [0, 0.1) is 6.92 Å². The van der Waals surface area contributed by atoms with Crippen LogP contribution in [0.2, 0.25) is 5.02 Å². The Bertz CT molecular complexity index is 1250. The first kappa shape index (κ1) is 19.8. The number of ether oxygens (including phenoxy) is 2. The number of carbonyl (C=O) groups is 1. The predicted octanol–water partition coefficient (Wildman–Crippen LogP) is 4.46. The number of aromatic nitrogens is 3. The summed E-state index contributed by atoms with van der Waals surface area (Å²) < 4.78 is 17.7. The fourth-order valence-electron chi connectivity index (χ4n) is 3.31. The third-order valence-corrected chi connectivity index (χ3v) is 5.02. The molecule has 30 heavy (non-hydrogen) atoms. The van der Waals surface area contributed by atoms with Gasteiger partial charge in [-0.3, -0.25) is 9.48 Å². The number of halogens is 1. The second-order valence-electron chi connectivity index (χ2n) is 6.58. The smallest absolute Gasteiger partial charge is 0.256 e. The van der Waals surface area contributed by atoms with Crippen LogP contribution in [-0.2, 0) is 7.05 Å². The highest BCUT2D eigenvalue weighted by molar-refractivity contribution is 6.34. The van der Waals surface area contributed by atoms with Crippen LogP contribution in [0.3, 0.4) is 0 Å². The molecule has 0 unspecified atom stereocenters. The SMILES string of the molecule is COc1cc(Cl)c(NC(=O)c2cc(-c3ccco3)nc3c2c(C)nn3C)cc1OC. The molecule has 3 heterocycles. The maximum absolute atomic E-state index is 13.3. The summed E-state index contributed by atoms with van der Waals surface area (Å²) in [5.74, 6) is 1.11. The summed E-state index contributed by atoms with van der Waals surface area (Å²) >= 11 is 6.34. The van der Waals surface area contributed by atoms with E-state index in [2.05, 4.69) is 15.4 Å². The minimum Gasteiger partial charge on any atom is -0.493 e. The Labute approximate surface area is 177 Å². The van der Waals surface area contributed by atoms with Crippen molar-refractivity contribution in [3.8, 4) is 23.0 Å². The van der Waals surface area contributed by atoms with E-state index in [4.69, 9.17) is 25.5 Å². The lowest BCUT2D eigenvalue weighted by Gasteiger charge is -2.13. The van der Waals surface area contributed by atoms with Gasteiger partial charge in [0.25, 0.3) is 5.91 Å². The fraction of sp³-hybridized carbons (Fsp3) is 0.190. The zero-order valence-corrected chi connectivity index (χ0v) is 17.6.